The van der Waals surface area contributed by atoms with Crippen molar-refractivity contribution in [1.82, 2.24) is 0 Å². The Morgan fingerprint density at radius 2 is 1.41 bits per heavy atom. The molecular weight excluding hydrogens is 294 g/mol. The van der Waals surface area contributed by atoms with E-state index in [2.05, 4.69) is 0 Å². The minimum atomic E-state index is -0.307. The summed E-state index contributed by atoms with van der Waals surface area (Å²) in [6.07, 6.45) is 0. The van der Waals surface area contributed by atoms with Crippen molar-refractivity contribution in [2.75, 3.05) is 7.05 Å². The van der Waals surface area contributed by atoms with Crippen LogP contribution < -0.4 is 0 Å². The van der Waals surface area contributed by atoms with E-state index in [4.69, 9.17) is 0 Å². The fourth-order valence-corrected chi connectivity index (χ4v) is 3.81. The molecule has 3 rings (SSSR count). The number of imide groups is 1. The van der Waals surface area contributed by atoms with Gasteiger partial charge in [0.25, 0.3) is 0 Å². The molecule has 1 aliphatic heterocycles. The van der Waals surface area contributed by atoms with Crippen LogP contribution in [0.1, 0.15) is 18.1 Å². The van der Waals surface area contributed by atoms with E-state index in [1.165, 1.54) is 6.92 Å². The summed E-state index contributed by atoms with van der Waals surface area (Å²) in [5.41, 5.74) is 2.62. The van der Waals surface area contributed by atoms with Crippen molar-refractivity contribution in [3.8, 4) is 0 Å². The summed E-state index contributed by atoms with van der Waals surface area (Å²) < 4.78 is -0.307. The summed E-state index contributed by atoms with van der Waals surface area (Å²) in [5, 5.41) is -0.162. The Morgan fingerprint density at radius 3 is 1.91 bits per heavy atom. The normalized spacial score (nSPS) is 21.3. The standard InChI is InChI=1S/C18H16NO2S/c1-13(20)19(2)16(14-9-5-3-6-10-14)17(22-18(19)21)15-11-7-4-8-12-15/h3-12H,1-2H3/q+1. The maximum Gasteiger partial charge on any atom is 0.392 e. The van der Waals surface area contributed by atoms with Gasteiger partial charge in [0.1, 0.15) is 0 Å². The molecule has 3 nitrogen and oxygen atoms in total. The lowest BCUT2D eigenvalue weighted by molar-refractivity contribution is -0.662. The molecule has 0 fully saturated rings. The van der Waals surface area contributed by atoms with Gasteiger partial charge in [-0.25, -0.2) is 9.59 Å². The van der Waals surface area contributed by atoms with Crippen LogP contribution in [-0.2, 0) is 4.79 Å². The Labute approximate surface area is 133 Å². The van der Waals surface area contributed by atoms with Crippen LogP contribution >= 0.6 is 11.8 Å². The number of rotatable bonds is 2. The highest BCUT2D eigenvalue weighted by molar-refractivity contribution is 8.21. The average Bonchev–Trinajstić information content (AvgIpc) is 2.82. The molecule has 2 amide bonds. The SMILES string of the molecule is CC(=O)[N+]1(C)C(=O)SC(c2ccccc2)=C1c1ccccc1. The van der Waals surface area contributed by atoms with Crippen LogP contribution in [0, 0.1) is 0 Å². The van der Waals surface area contributed by atoms with Gasteiger partial charge >= 0.3 is 11.1 Å². The van der Waals surface area contributed by atoms with Gasteiger partial charge in [0.05, 0.1) is 18.9 Å². The van der Waals surface area contributed by atoms with E-state index < -0.39 is 0 Å². The largest absolute Gasteiger partial charge is 0.392 e. The number of benzene rings is 2. The number of carbonyl (C=O) groups excluding carboxylic acids is 2. The predicted octanol–water partition coefficient (Wildman–Crippen LogP) is 4.37. The van der Waals surface area contributed by atoms with Gasteiger partial charge in [-0.1, -0.05) is 48.5 Å². The second kappa shape index (κ2) is 5.55. The molecule has 0 spiro atoms. The van der Waals surface area contributed by atoms with Crippen LogP contribution in [0.4, 0.5) is 4.79 Å². The van der Waals surface area contributed by atoms with Gasteiger partial charge in [0, 0.05) is 17.3 Å². The van der Waals surface area contributed by atoms with Crippen molar-refractivity contribution in [3.05, 3.63) is 71.8 Å². The van der Waals surface area contributed by atoms with Crippen LogP contribution in [-0.4, -0.2) is 22.7 Å². The maximum atomic E-state index is 12.6. The highest BCUT2D eigenvalue weighted by Crippen LogP contribution is 2.49. The quantitative estimate of drug-likeness (QED) is 0.772. The summed E-state index contributed by atoms with van der Waals surface area (Å²) in [6.45, 7) is 1.47. The number of thioether (sulfide) groups is 1. The molecule has 1 atom stereocenters. The van der Waals surface area contributed by atoms with E-state index in [-0.39, 0.29) is 15.6 Å². The Morgan fingerprint density at radius 1 is 0.909 bits per heavy atom. The Kier molecular flexibility index (Phi) is 3.72. The summed E-state index contributed by atoms with van der Waals surface area (Å²) in [4.78, 5) is 25.7. The Bertz CT molecular complexity index is 768. The van der Waals surface area contributed by atoms with Gasteiger partial charge < -0.3 is 0 Å². The first kappa shape index (κ1) is 14.8. The molecule has 0 saturated heterocycles. The average molecular weight is 310 g/mol. The van der Waals surface area contributed by atoms with Gasteiger partial charge in [0.15, 0.2) is 5.70 Å². The van der Waals surface area contributed by atoms with E-state index in [0.717, 1.165) is 33.5 Å². The molecule has 0 bridgehead atoms. The first-order valence-corrected chi connectivity index (χ1v) is 7.82. The van der Waals surface area contributed by atoms with Crippen LogP contribution in [0.3, 0.4) is 0 Å². The van der Waals surface area contributed by atoms with Crippen molar-refractivity contribution in [1.29, 1.82) is 0 Å². The van der Waals surface area contributed by atoms with E-state index in [1.807, 2.05) is 60.7 Å². The first-order valence-electron chi connectivity index (χ1n) is 7.01. The lowest BCUT2D eigenvalue weighted by atomic mass is 10.1. The van der Waals surface area contributed by atoms with Gasteiger partial charge in [0.2, 0.25) is 0 Å². The number of carbonyl (C=O) groups is 2. The molecule has 1 aliphatic rings. The molecule has 1 unspecified atom stereocenters. The van der Waals surface area contributed by atoms with E-state index in [9.17, 15) is 9.59 Å². The number of hydrogen-bond acceptors (Lipinski definition) is 3. The maximum absolute atomic E-state index is 12.6. The summed E-state index contributed by atoms with van der Waals surface area (Å²) in [6, 6.07) is 19.4. The molecule has 2 aromatic carbocycles. The minimum absolute atomic E-state index is 0.162. The highest BCUT2D eigenvalue weighted by Gasteiger charge is 2.51. The summed E-state index contributed by atoms with van der Waals surface area (Å²) in [7, 11) is 1.68. The first-order chi connectivity index (χ1) is 10.5. The van der Waals surface area contributed by atoms with Gasteiger partial charge in [-0.05, 0) is 17.7 Å². The van der Waals surface area contributed by atoms with Crippen molar-refractivity contribution in [3.63, 3.8) is 0 Å². The second-order valence-corrected chi connectivity index (χ2v) is 6.26. The lowest BCUT2D eigenvalue weighted by Crippen LogP contribution is -2.46. The monoisotopic (exact) mass is 310 g/mol. The highest BCUT2D eigenvalue weighted by atomic mass is 32.2. The summed E-state index contributed by atoms with van der Waals surface area (Å²) in [5.74, 6) is -0.178. The number of quaternary nitrogens is 1. The third-order valence-electron chi connectivity index (χ3n) is 3.93. The molecule has 0 aliphatic carbocycles. The molecule has 110 valence electrons. The van der Waals surface area contributed by atoms with Crippen molar-refractivity contribution in [2.45, 2.75) is 6.92 Å². The third kappa shape index (κ3) is 2.21. The zero-order valence-electron chi connectivity index (χ0n) is 12.4. The lowest BCUT2D eigenvalue weighted by Gasteiger charge is -2.24. The molecule has 22 heavy (non-hydrogen) atoms. The number of nitrogens with zero attached hydrogens (tertiary/aromatic N) is 1. The molecule has 4 heteroatoms. The van der Waals surface area contributed by atoms with E-state index >= 15 is 0 Å². The van der Waals surface area contributed by atoms with Crippen molar-refractivity contribution >= 4 is 33.5 Å². The second-order valence-electron chi connectivity index (χ2n) is 5.30. The van der Waals surface area contributed by atoms with Crippen LogP contribution in [0.5, 0.6) is 0 Å². The topological polar surface area (TPSA) is 34.1 Å². The van der Waals surface area contributed by atoms with Crippen LogP contribution in [0.25, 0.3) is 10.6 Å². The van der Waals surface area contributed by atoms with Gasteiger partial charge in [-0.3, -0.25) is 0 Å². The van der Waals surface area contributed by atoms with Gasteiger partial charge in [-0.15, -0.1) is 0 Å². The summed E-state index contributed by atoms with van der Waals surface area (Å²) >= 11 is 1.15. The molecule has 0 N–H and O–H groups in total. The number of hydrogen-bond donors (Lipinski definition) is 0. The molecule has 0 aromatic heterocycles. The smallest absolute Gasteiger partial charge is 0.230 e. The predicted molar refractivity (Wildman–Crippen MR) is 89.6 cm³/mol. The van der Waals surface area contributed by atoms with Crippen molar-refractivity contribution < 1.29 is 14.1 Å². The molecule has 0 radical (unpaired) electrons. The Hall–Kier alpha value is -2.17. The van der Waals surface area contributed by atoms with E-state index in [0.29, 0.717) is 0 Å². The zero-order chi connectivity index (χ0) is 15.7. The van der Waals surface area contributed by atoms with E-state index in [1.54, 1.807) is 7.05 Å². The fraction of sp³-hybridized carbons (Fsp3) is 0.111. The van der Waals surface area contributed by atoms with Gasteiger partial charge in [-0.2, -0.15) is 4.48 Å². The zero-order valence-corrected chi connectivity index (χ0v) is 13.3. The molecule has 0 saturated carbocycles. The molecule has 2 aromatic rings. The van der Waals surface area contributed by atoms with Crippen LogP contribution in [0.2, 0.25) is 0 Å². The van der Waals surface area contributed by atoms with Crippen molar-refractivity contribution in [2.24, 2.45) is 0 Å². The molecule has 1 heterocycles. The molecular formula is C18H16NO2S+. The number of amides is 2. The minimum Gasteiger partial charge on any atom is -0.230 e. The van der Waals surface area contributed by atoms with Crippen LogP contribution in [0.15, 0.2) is 60.7 Å². The third-order valence-corrected chi connectivity index (χ3v) is 5.10. The fourth-order valence-electron chi connectivity index (χ4n) is 2.58. The Balaban J connectivity index is 2.30.